The molecule has 0 saturated carbocycles. The van der Waals surface area contributed by atoms with Crippen LogP contribution in [0, 0.1) is 3.57 Å². The Labute approximate surface area is 187 Å². The van der Waals surface area contributed by atoms with E-state index in [2.05, 4.69) is 58.9 Å². The number of carbonyl (C=O) groups is 1. The summed E-state index contributed by atoms with van der Waals surface area (Å²) in [5.41, 5.74) is 4.60. The molecule has 1 N–H and O–H groups in total. The van der Waals surface area contributed by atoms with Crippen molar-refractivity contribution in [1.29, 1.82) is 0 Å². The number of benzene rings is 3. The zero-order valence-corrected chi connectivity index (χ0v) is 18.8. The largest absolute Gasteiger partial charge is 0.436 e. The van der Waals surface area contributed by atoms with Crippen LogP contribution >= 0.6 is 34.2 Å². The second kappa shape index (κ2) is 8.16. The SMILES string of the molecule is CC(C)c1ccc(-c2nc3cc(NC(=O)c4cc(I)ccc4Cl)ccc3o2)cc1. The lowest BCUT2D eigenvalue weighted by Gasteiger charge is -2.07. The topological polar surface area (TPSA) is 55.1 Å². The normalized spacial score (nSPS) is 11.2. The minimum atomic E-state index is -0.263. The zero-order valence-electron chi connectivity index (χ0n) is 15.9. The number of oxazole rings is 1. The Balaban J connectivity index is 1.60. The maximum atomic E-state index is 12.6. The van der Waals surface area contributed by atoms with Gasteiger partial charge in [0.05, 0.1) is 10.6 Å². The molecule has 1 aromatic heterocycles. The summed E-state index contributed by atoms with van der Waals surface area (Å²) in [4.78, 5) is 17.2. The molecule has 3 aromatic carbocycles. The number of hydrogen-bond donors (Lipinski definition) is 1. The van der Waals surface area contributed by atoms with Crippen LogP contribution in [-0.4, -0.2) is 10.9 Å². The molecular weight excluding hydrogens is 499 g/mol. The van der Waals surface area contributed by atoms with Crippen molar-refractivity contribution in [3.8, 4) is 11.5 Å². The molecule has 0 fully saturated rings. The smallest absolute Gasteiger partial charge is 0.257 e. The van der Waals surface area contributed by atoms with E-state index in [4.69, 9.17) is 16.0 Å². The van der Waals surface area contributed by atoms with Crippen molar-refractivity contribution in [2.45, 2.75) is 19.8 Å². The van der Waals surface area contributed by atoms with Crippen molar-refractivity contribution in [2.24, 2.45) is 0 Å². The lowest BCUT2D eigenvalue weighted by molar-refractivity contribution is 0.102. The van der Waals surface area contributed by atoms with Crippen molar-refractivity contribution in [2.75, 3.05) is 5.32 Å². The van der Waals surface area contributed by atoms with Crippen molar-refractivity contribution in [3.63, 3.8) is 0 Å². The summed E-state index contributed by atoms with van der Waals surface area (Å²) < 4.78 is 6.83. The third kappa shape index (κ3) is 4.31. The molecule has 29 heavy (non-hydrogen) atoms. The molecule has 4 nitrogen and oxygen atoms in total. The first-order valence-corrected chi connectivity index (χ1v) is 10.6. The number of amides is 1. The number of nitrogens with zero attached hydrogens (tertiary/aromatic N) is 1. The van der Waals surface area contributed by atoms with Gasteiger partial charge in [-0.15, -0.1) is 0 Å². The summed E-state index contributed by atoms with van der Waals surface area (Å²) >= 11 is 8.31. The van der Waals surface area contributed by atoms with Crippen LogP contribution in [0.25, 0.3) is 22.6 Å². The second-order valence-electron chi connectivity index (χ2n) is 7.06. The van der Waals surface area contributed by atoms with Crippen molar-refractivity contribution < 1.29 is 9.21 Å². The van der Waals surface area contributed by atoms with Crippen molar-refractivity contribution in [1.82, 2.24) is 4.98 Å². The second-order valence-corrected chi connectivity index (χ2v) is 8.71. The number of aromatic nitrogens is 1. The van der Waals surface area contributed by atoms with Crippen molar-refractivity contribution in [3.05, 3.63) is 80.4 Å². The minimum Gasteiger partial charge on any atom is -0.436 e. The number of anilines is 1. The van der Waals surface area contributed by atoms with Crippen LogP contribution in [0.2, 0.25) is 5.02 Å². The predicted molar refractivity (Wildman–Crippen MR) is 126 cm³/mol. The Morgan fingerprint density at radius 2 is 1.83 bits per heavy atom. The minimum absolute atomic E-state index is 0.263. The van der Waals surface area contributed by atoms with E-state index in [1.165, 1.54) is 5.56 Å². The van der Waals surface area contributed by atoms with Crippen LogP contribution in [0.4, 0.5) is 5.69 Å². The summed E-state index contributed by atoms with van der Waals surface area (Å²) in [5.74, 6) is 0.764. The number of halogens is 2. The van der Waals surface area contributed by atoms with Crippen LogP contribution < -0.4 is 5.32 Å². The van der Waals surface area contributed by atoms with Gasteiger partial charge in [0.2, 0.25) is 5.89 Å². The lowest BCUT2D eigenvalue weighted by Crippen LogP contribution is -2.12. The standard InChI is InChI=1S/C23H18ClIN2O2/c1-13(2)14-3-5-15(6-4-14)23-27-20-12-17(8-10-21(20)29-23)26-22(28)18-11-16(25)7-9-19(18)24/h3-13H,1-2H3,(H,26,28). The average molecular weight is 517 g/mol. The van der Waals surface area contributed by atoms with Gasteiger partial charge in [0, 0.05) is 14.8 Å². The van der Waals surface area contributed by atoms with E-state index in [9.17, 15) is 4.79 Å². The first-order chi connectivity index (χ1) is 13.9. The molecular formula is C23H18ClIN2O2. The molecule has 0 radical (unpaired) electrons. The highest BCUT2D eigenvalue weighted by atomic mass is 127. The third-order valence-corrected chi connectivity index (χ3v) is 5.64. The van der Waals surface area contributed by atoms with Crippen LogP contribution in [0.15, 0.2) is 65.1 Å². The van der Waals surface area contributed by atoms with Gasteiger partial charge in [0.1, 0.15) is 5.52 Å². The van der Waals surface area contributed by atoms with Crippen LogP contribution in [0.3, 0.4) is 0 Å². The number of nitrogens with one attached hydrogen (secondary N) is 1. The summed E-state index contributed by atoms with van der Waals surface area (Å²) in [7, 11) is 0. The molecule has 0 saturated heterocycles. The fraction of sp³-hybridized carbons (Fsp3) is 0.130. The Bertz CT molecular complexity index is 1200. The molecule has 146 valence electrons. The number of hydrogen-bond acceptors (Lipinski definition) is 3. The number of fused-ring (bicyclic) bond motifs is 1. The predicted octanol–water partition coefficient (Wildman–Crippen LogP) is 7.13. The van der Waals surface area contributed by atoms with Crippen LogP contribution in [-0.2, 0) is 0 Å². The zero-order chi connectivity index (χ0) is 20.5. The average Bonchev–Trinajstić information content (AvgIpc) is 3.13. The quantitative estimate of drug-likeness (QED) is 0.294. The first-order valence-electron chi connectivity index (χ1n) is 9.18. The van der Waals surface area contributed by atoms with Crippen molar-refractivity contribution >= 4 is 56.9 Å². The number of rotatable bonds is 4. The Kier molecular flexibility index (Phi) is 5.61. The molecule has 4 rings (SSSR count). The molecule has 0 aliphatic carbocycles. The first kappa shape index (κ1) is 19.9. The van der Waals surface area contributed by atoms with E-state index in [0.717, 1.165) is 9.13 Å². The molecule has 0 spiro atoms. The van der Waals surface area contributed by atoms with E-state index in [0.29, 0.717) is 39.2 Å². The van der Waals surface area contributed by atoms with E-state index in [1.54, 1.807) is 30.3 Å². The molecule has 0 aliphatic rings. The monoisotopic (exact) mass is 516 g/mol. The molecule has 0 atom stereocenters. The summed E-state index contributed by atoms with van der Waals surface area (Å²) in [6.07, 6.45) is 0. The van der Waals surface area contributed by atoms with Crippen LogP contribution in [0.5, 0.6) is 0 Å². The van der Waals surface area contributed by atoms with Gasteiger partial charge in [-0.25, -0.2) is 4.98 Å². The molecule has 1 heterocycles. The molecule has 0 aliphatic heterocycles. The highest BCUT2D eigenvalue weighted by molar-refractivity contribution is 14.1. The summed E-state index contributed by atoms with van der Waals surface area (Å²) in [5, 5.41) is 3.29. The van der Waals surface area contributed by atoms with E-state index < -0.39 is 0 Å². The van der Waals surface area contributed by atoms with Gasteiger partial charge in [0.25, 0.3) is 5.91 Å². The molecule has 6 heteroatoms. The fourth-order valence-corrected chi connectivity index (χ4v) is 3.70. The number of carbonyl (C=O) groups excluding carboxylic acids is 1. The fourth-order valence-electron chi connectivity index (χ4n) is 3.01. The lowest BCUT2D eigenvalue weighted by atomic mass is 10.0. The van der Waals surface area contributed by atoms with Gasteiger partial charge in [0.15, 0.2) is 5.58 Å². The highest BCUT2D eigenvalue weighted by Gasteiger charge is 2.13. The summed E-state index contributed by atoms with van der Waals surface area (Å²) in [6.45, 7) is 4.32. The maximum Gasteiger partial charge on any atom is 0.257 e. The Morgan fingerprint density at radius 1 is 1.07 bits per heavy atom. The van der Waals surface area contributed by atoms with Gasteiger partial charge in [-0.05, 0) is 82.6 Å². The van der Waals surface area contributed by atoms with Crippen LogP contribution in [0.1, 0.15) is 35.7 Å². The van der Waals surface area contributed by atoms with Gasteiger partial charge >= 0.3 is 0 Å². The summed E-state index contributed by atoms with van der Waals surface area (Å²) in [6, 6.07) is 18.9. The molecule has 4 aromatic rings. The Morgan fingerprint density at radius 3 is 2.55 bits per heavy atom. The Hall–Kier alpha value is -2.38. The third-order valence-electron chi connectivity index (χ3n) is 4.64. The maximum absolute atomic E-state index is 12.6. The highest BCUT2D eigenvalue weighted by Crippen LogP contribution is 2.28. The van der Waals surface area contributed by atoms with E-state index >= 15 is 0 Å². The molecule has 0 bridgehead atoms. The van der Waals surface area contributed by atoms with E-state index in [1.807, 2.05) is 18.2 Å². The van der Waals surface area contributed by atoms with Gasteiger partial charge in [-0.2, -0.15) is 0 Å². The molecule has 0 unspecified atom stereocenters. The van der Waals surface area contributed by atoms with E-state index in [-0.39, 0.29) is 5.91 Å². The van der Waals surface area contributed by atoms with Gasteiger partial charge in [-0.1, -0.05) is 37.6 Å². The molecule has 1 amide bonds. The van der Waals surface area contributed by atoms with Gasteiger partial charge < -0.3 is 9.73 Å². The van der Waals surface area contributed by atoms with Gasteiger partial charge in [-0.3, -0.25) is 4.79 Å².